The maximum atomic E-state index is 4.98. The van der Waals surface area contributed by atoms with Gasteiger partial charge in [0.1, 0.15) is 0 Å². The number of nitrogens with zero attached hydrogens (tertiary/aromatic N) is 2. The fraction of sp³-hybridized carbons (Fsp3) is 0.700. The molecule has 4 nitrogen and oxygen atoms in total. The topological polar surface area (TPSA) is 39.1 Å². The van der Waals surface area contributed by atoms with Crippen LogP contribution in [0.1, 0.15) is 24.9 Å². The summed E-state index contributed by atoms with van der Waals surface area (Å²) < 4.78 is 6.80. The van der Waals surface area contributed by atoms with E-state index in [2.05, 4.69) is 17.3 Å². The van der Waals surface area contributed by atoms with Crippen molar-refractivity contribution in [2.45, 2.75) is 19.4 Å². The van der Waals surface area contributed by atoms with E-state index in [9.17, 15) is 0 Å². The van der Waals surface area contributed by atoms with E-state index in [1.807, 2.05) is 24.1 Å². The Hall–Kier alpha value is -0.870. The first kappa shape index (κ1) is 11.2. The molecule has 0 saturated heterocycles. The molecule has 0 aliphatic carbocycles. The van der Waals surface area contributed by atoms with E-state index in [4.69, 9.17) is 4.74 Å². The lowest BCUT2D eigenvalue weighted by Crippen LogP contribution is -2.20. The van der Waals surface area contributed by atoms with Crippen LogP contribution in [0.4, 0.5) is 0 Å². The Labute approximate surface area is 85.3 Å². The summed E-state index contributed by atoms with van der Waals surface area (Å²) in [6.45, 7) is 3.93. The first-order valence-corrected chi connectivity index (χ1v) is 4.95. The zero-order valence-corrected chi connectivity index (χ0v) is 9.16. The van der Waals surface area contributed by atoms with Crippen LogP contribution in [0.2, 0.25) is 0 Å². The Bertz CT molecular complexity index is 260. The summed E-state index contributed by atoms with van der Waals surface area (Å²) in [7, 11) is 3.66. The SMILES string of the molecule is COCCCNC(C)c1cnn(C)c1. The number of aryl methyl sites for hydroxylation is 1. The van der Waals surface area contributed by atoms with Gasteiger partial charge in [-0.2, -0.15) is 5.10 Å². The fourth-order valence-electron chi connectivity index (χ4n) is 1.32. The predicted octanol–water partition coefficient (Wildman–Crippen LogP) is 1.11. The van der Waals surface area contributed by atoms with Crippen LogP contribution in [0.3, 0.4) is 0 Å². The van der Waals surface area contributed by atoms with Gasteiger partial charge in [0, 0.05) is 38.6 Å². The predicted molar refractivity (Wildman–Crippen MR) is 56.1 cm³/mol. The van der Waals surface area contributed by atoms with Crippen LogP contribution < -0.4 is 5.32 Å². The Kier molecular flexibility index (Phi) is 4.62. The largest absolute Gasteiger partial charge is 0.385 e. The third-order valence-electron chi connectivity index (χ3n) is 2.20. The summed E-state index contributed by atoms with van der Waals surface area (Å²) >= 11 is 0. The third-order valence-corrected chi connectivity index (χ3v) is 2.20. The van der Waals surface area contributed by atoms with Gasteiger partial charge in [0.2, 0.25) is 0 Å². The van der Waals surface area contributed by atoms with Crippen molar-refractivity contribution >= 4 is 0 Å². The van der Waals surface area contributed by atoms with Gasteiger partial charge < -0.3 is 10.1 Å². The lowest BCUT2D eigenvalue weighted by molar-refractivity contribution is 0.193. The molecule has 1 atom stereocenters. The molecular weight excluding hydrogens is 178 g/mol. The molecule has 4 heteroatoms. The average molecular weight is 197 g/mol. The smallest absolute Gasteiger partial charge is 0.0537 e. The lowest BCUT2D eigenvalue weighted by Gasteiger charge is -2.11. The fourth-order valence-corrected chi connectivity index (χ4v) is 1.32. The van der Waals surface area contributed by atoms with Crippen molar-refractivity contribution in [1.82, 2.24) is 15.1 Å². The normalized spacial score (nSPS) is 13.1. The second-order valence-electron chi connectivity index (χ2n) is 3.47. The highest BCUT2D eigenvalue weighted by Gasteiger charge is 2.05. The van der Waals surface area contributed by atoms with Crippen LogP contribution >= 0.6 is 0 Å². The van der Waals surface area contributed by atoms with Crippen molar-refractivity contribution in [2.75, 3.05) is 20.3 Å². The van der Waals surface area contributed by atoms with Gasteiger partial charge in [-0.15, -0.1) is 0 Å². The molecule has 1 aromatic rings. The number of ether oxygens (including phenoxy) is 1. The number of nitrogens with one attached hydrogen (secondary N) is 1. The summed E-state index contributed by atoms with van der Waals surface area (Å²) in [5.41, 5.74) is 1.23. The highest BCUT2D eigenvalue weighted by Crippen LogP contribution is 2.09. The van der Waals surface area contributed by atoms with E-state index in [1.54, 1.807) is 7.11 Å². The van der Waals surface area contributed by atoms with E-state index in [0.29, 0.717) is 6.04 Å². The van der Waals surface area contributed by atoms with Crippen molar-refractivity contribution in [1.29, 1.82) is 0 Å². The Balaban J connectivity index is 2.25. The minimum Gasteiger partial charge on any atom is -0.385 e. The minimum atomic E-state index is 0.362. The van der Waals surface area contributed by atoms with Crippen LogP contribution in [0, 0.1) is 0 Å². The van der Waals surface area contributed by atoms with Gasteiger partial charge in [0.15, 0.2) is 0 Å². The molecule has 0 aromatic carbocycles. The van der Waals surface area contributed by atoms with Crippen molar-refractivity contribution < 1.29 is 4.74 Å². The van der Waals surface area contributed by atoms with E-state index in [1.165, 1.54) is 5.56 Å². The summed E-state index contributed by atoms with van der Waals surface area (Å²) in [6, 6.07) is 0.362. The molecule has 0 bridgehead atoms. The average Bonchev–Trinajstić information content (AvgIpc) is 2.59. The van der Waals surface area contributed by atoms with Crippen LogP contribution in [0.25, 0.3) is 0 Å². The van der Waals surface area contributed by atoms with Crippen molar-refractivity contribution in [3.8, 4) is 0 Å². The number of hydrogen-bond donors (Lipinski definition) is 1. The maximum Gasteiger partial charge on any atom is 0.0537 e. The molecule has 0 amide bonds. The summed E-state index contributed by atoms with van der Waals surface area (Å²) in [5.74, 6) is 0. The molecule has 1 N–H and O–H groups in total. The molecule has 1 heterocycles. The molecule has 14 heavy (non-hydrogen) atoms. The first-order valence-electron chi connectivity index (χ1n) is 4.95. The highest BCUT2D eigenvalue weighted by atomic mass is 16.5. The van der Waals surface area contributed by atoms with Crippen molar-refractivity contribution in [3.63, 3.8) is 0 Å². The van der Waals surface area contributed by atoms with Crippen molar-refractivity contribution in [2.24, 2.45) is 7.05 Å². The molecule has 0 saturated carbocycles. The quantitative estimate of drug-likeness (QED) is 0.694. The van der Waals surface area contributed by atoms with Crippen LogP contribution in [-0.4, -0.2) is 30.0 Å². The summed E-state index contributed by atoms with van der Waals surface area (Å²) in [6.07, 6.45) is 4.98. The van der Waals surface area contributed by atoms with Crippen molar-refractivity contribution in [3.05, 3.63) is 18.0 Å². The van der Waals surface area contributed by atoms with Crippen LogP contribution in [-0.2, 0) is 11.8 Å². The van der Waals surface area contributed by atoms with Gasteiger partial charge in [-0.05, 0) is 19.9 Å². The number of rotatable bonds is 6. The zero-order chi connectivity index (χ0) is 10.4. The summed E-state index contributed by atoms with van der Waals surface area (Å²) in [4.78, 5) is 0. The van der Waals surface area contributed by atoms with Gasteiger partial charge in [-0.3, -0.25) is 4.68 Å². The Morgan fingerprint density at radius 1 is 1.64 bits per heavy atom. The molecule has 0 fully saturated rings. The Morgan fingerprint density at radius 2 is 2.43 bits per heavy atom. The lowest BCUT2D eigenvalue weighted by atomic mass is 10.2. The van der Waals surface area contributed by atoms with Gasteiger partial charge in [-0.1, -0.05) is 0 Å². The summed E-state index contributed by atoms with van der Waals surface area (Å²) in [5, 5.41) is 7.55. The first-order chi connectivity index (χ1) is 6.74. The monoisotopic (exact) mass is 197 g/mol. The van der Waals surface area contributed by atoms with E-state index in [-0.39, 0.29) is 0 Å². The molecule has 1 rings (SSSR count). The number of methoxy groups -OCH3 is 1. The highest BCUT2D eigenvalue weighted by molar-refractivity contribution is 5.08. The third kappa shape index (κ3) is 3.47. The molecule has 80 valence electrons. The van der Waals surface area contributed by atoms with E-state index in [0.717, 1.165) is 19.6 Å². The molecule has 0 radical (unpaired) electrons. The zero-order valence-electron chi connectivity index (χ0n) is 9.16. The molecule has 1 unspecified atom stereocenters. The van der Waals surface area contributed by atoms with Gasteiger partial charge in [0.25, 0.3) is 0 Å². The molecule has 0 aliphatic rings. The maximum absolute atomic E-state index is 4.98. The molecular formula is C10H19N3O. The van der Waals surface area contributed by atoms with E-state index < -0.39 is 0 Å². The number of aromatic nitrogens is 2. The minimum absolute atomic E-state index is 0.362. The molecule has 0 aliphatic heterocycles. The molecule has 1 aromatic heterocycles. The standard InChI is InChI=1S/C10H19N3O/c1-9(11-5-4-6-14-3)10-7-12-13(2)8-10/h7-9,11H,4-6H2,1-3H3. The second kappa shape index (κ2) is 5.78. The van der Waals surface area contributed by atoms with Gasteiger partial charge in [0.05, 0.1) is 6.20 Å². The van der Waals surface area contributed by atoms with Crippen LogP contribution in [0.5, 0.6) is 0 Å². The second-order valence-corrected chi connectivity index (χ2v) is 3.47. The van der Waals surface area contributed by atoms with E-state index >= 15 is 0 Å². The Morgan fingerprint density at radius 3 is 3.00 bits per heavy atom. The van der Waals surface area contributed by atoms with Gasteiger partial charge in [-0.25, -0.2) is 0 Å². The van der Waals surface area contributed by atoms with Gasteiger partial charge >= 0.3 is 0 Å². The number of hydrogen-bond acceptors (Lipinski definition) is 3. The van der Waals surface area contributed by atoms with Crippen LogP contribution in [0.15, 0.2) is 12.4 Å². The molecule has 0 spiro atoms.